The van der Waals surface area contributed by atoms with Crippen LogP contribution in [-0.2, 0) is 19.6 Å². The highest BCUT2D eigenvalue weighted by Crippen LogP contribution is 2.19. The summed E-state index contributed by atoms with van der Waals surface area (Å²) in [7, 11) is -3.88. The Bertz CT molecular complexity index is 1420. The molecule has 0 bridgehead atoms. The minimum absolute atomic E-state index is 0.0326. The number of carbonyl (C=O) groups is 2. The minimum atomic E-state index is -3.88. The normalized spacial score (nSPS) is 12.3. The molecule has 33 heavy (non-hydrogen) atoms. The number of rotatable bonds is 7. The minimum Gasteiger partial charge on any atom is -0.449 e. The number of H-pyrrole nitrogens is 1. The highest BCUT2D eigenvalue weighted by atomic mass is 32.2. The number of esters is 1. The highest BCUT2D eigenvalue weighted by molar-refractivity contribution is 7.92. The van der Waals surface area contributed by atoms with Crippen LogP contribution < -0.4 is 10.0 Å². The Morgan fingerprint density at radius 3 is 2.58 bits per heavy atom. The number of hydrogen-bond acceptors (Lipinski definition) is 8. The second-order valence-electron chi connectivity index (χ2n) is 7.12. The van der Waals surface area contributed by atoms with Gasteiger partial charge in [-0.3, -0.25) is 9.52 Å². The third-order valence-corrected chi connectivity index (χ3v) is 5.98. The van der Waals surface area contributed by atoms with Crippen molar-refractivity contribution in [2.75, 3.05) is 10.0 Å². The van der Waals surface area contributed by atoms with Gasteiger partial charge in [0.1, 0.15) is 5.76 Å². The van der Waals surface area contributed by atoms with Gasteiger partial charge in [0.25, 0.3) is 15.9 Å². The number of nitrogens with one attached hydrogen (secondary N) is 3. The molecule has 1 amide bonds. The summed E-state index contributed by atoms with van der Waals surface area (Å²) in [6.07, 6.45) is 0.424. The van der Waals surface area contributed by atoms with Crippen LogP contribution in [0.15, 0.2) is 64.3 Å². The number of anilines is 2. The first kappa shape index (κ1) is 22.0. The molecule has 2 aromatic carbocycles. The zero-order chi connectivity index (χ0) is 23.6. The summed E-state index contributed by atoms with van der Waals surface area (Å²) in [6, 6.07) is 11.7. The number of aromatic amines is 1. The topological polar surface area (TPSA) is 156 Å². The molecule has 0 radical (unpaired) electrons. The molecule has 11 nitrogen and oxygen atoms in total. The average molecular weight is 469 g/mol. The lowest BCUT2D eigenvalue weighted by Gasteiger charge is -2.14. The van der Waals surface area contributed by atoms with Crippen LogP contribution in [-0.4, -0.2) is 41.5 Å². The number of aromatic nitrogens is 3. The number of nitrogens with zero attached hydrogens (tertiary/aromatic N) is 2. The summed E-state index contributed by atoms with van der Waals surface area (Å²) in [5.41, 5.74) is 1.98. The van der Waals surface area contributed by atoms with E-state index in [4.69, 9.17) is 9.26 Å². The van der Waals surface area contributed by atoms with Gasteiger partial charge in [0, 0.05) is 11.8 Å². The lowest BCUT2D eigenvalue weighted by atomic mass is 10.2. The number of sulfonamides is 1. The Hall–Kier alpha value is -4.19. The molecule has 2 aromatic heterocycles. The van der Waals surface area contributed by atoms with Gasteiger partial charge in [-0.25, -0.2) is 18.2 Å². The van der Waals surface area contributed by atoms with Gasteiger partial charge in [-0.1, -0.05) is 5.16 Å². The number of benzene rings is 2. The maximum absolute atomic E-state index is 12.4. The van der Waals surface area contributed by atoms with E-state index in [9.17, 15) is 18.0 Å². The molecule has 1 atom stereocenters. The summed E-state index contributed by atoms with van der Waals surface area (Å²) >= 11 is 0. The Labute approximate surface area is 188 Å². The van der Waals surface area contributed by atoms with Gasteiger partial charge < -0.3 is 19.6 Å². The number of ether oxygens (including phenoxy) is 1. The Kier molecular flexibility index (Phi) is 5.84. The van der Waals surface area contributed by atoms with Crippen molar-refractivity contribution in [3.63, 3.8) is 0 Å². The second kappa shape index (κ2) is 8.74. The molecule has 2 heterocycles. The number of amides is 1. The smallest absolute Gasteiger partial charge is 0.338 e. The number of hydrogen-bond donors (Lipinski definition) is 3. The molecule has 0 aliphatic carbocycles. The second-order valence-corrected chi connectivity index (χ2v) is 8.81. The van der Waals surface area contributed by atoms with Gasteiger partial charge in [-0.15, -0.1) is 0 Å². The lowest BCUT2D eigenvalue weighted by molar-refractivity contribution is -0.123. The quantitative estimate of drug-likeness (QED) is 0.349. The molecule has 0 saturated carbocycles. The Morgan fingerprint density at radius 2 is 1.88 bits per heavy atom. The number of fused-ring (bicyclic) bond motifs is 1. The molecule has 0 saturated heterocycles. The molecule has 0 fully saturated rings. The van der Waals surface area contributed by atoms with Crippen LogP contribution in [0.1, 0.15) is 23.0 Å². The number of carbonyl (C=O) groups excluding carboxylic acids is 2. The van der Waals surface area contributed by atoms with Crippen LogP contribution in [0.2, 0.25) is 0 Å². The van der Waals surface area contributed by atoms with Crippen molar-refractivity contribution < 1.29 is 27.3 Å². The lowest BCUT2D eigenvalue weighted by Crippen LogP contribution is -2.30. The maximum atomic E-state index is 12.4. The Morgan fingerprint density at radius 1 is 1.12 bits per heavy atom. The molecule has 1 unspecified atom stereocenters. The van der Waals surface area contributed by atoms with Crippen LogP contribution in [0.4, 0.5) is 11.5 Å². The van der Waals surface area contributed by atoms with Crippen molar-refractivity contribution >= 4 is 44.4 Å². The van der Waals surface area contributed by atoms with Crippen molar-refractivity contribution in [2.45, 2.75) is 24.8 Å². The maximum Gasteiger partial charge on any atom is 0.338 e. The molecule has 3 N–H and O–H groups in total. The molecule has 0 spiro atoms. The fourth-order valence-corrected chi connectivity index (χ4v) is 3.90. The summed E-state index contributed by atoms with van der Waals surface area (Å²) in [6.45, 7) is 3.07. The third-order valence-electron chi connectivity index (χ3n) is 4.61. The molecular formula is C21H19N5O6S. The van der Waals surface area contributed by atoms with E-state index in [1.54, 1.807) is 25.1 Å². The van der Waals surface area contributed by atoms with E-state index < -0.39 is 28.0 Å². The van der Waals surface area contributed by atoms with Gasteiger partial charge in [0.15, 0.2) is 11.9 Å². The van der Waals surface area contributed by atoms with Crippen molar-refractivity contribution in [1.82, 2.24) is 15.1 Å². The summed E-state index contributed by atoms with van der Waals surface area (Å²) in [5.74, 6) is -0.711. The summed E-state index contributed by atoms with van der Waals surface area (Å²) < 4.78 is 37.2. The van der Waals surface area contributed by atoms with E-state index in [0.717, 1.165) is 0 Å². The first-order chi connectivity index (χ1) is 15.7. The van der Waals surface area contributed by atoms with Gasteiger partial charge in [0.2, 0.25) is 0 Å². The zero-order valence-corrected chi connectivity index (χ0v) is 18.3. The van der Waals surface area contributed by atoms with Crippen molar-refractivity contribution in [3.05, 3.63) is 66.2 Å². The van der Waals surface area contributed by atoms with Gasteiger partial charge in [-0.05, 0) is 56.3 Å². The largest absolute Gasteiger partial charge is 0.449 e. The molecule has 0 aliphatic heterocycles. The summed E-state index contributed by atoms with van der Waals surface area (Å²) in [4.78, 5) is 31.7. The molecule has 4 aromatic rings. The first-order valence-electron chi connectivity index (χ1n) is 9.72. The van der Waals surface area contributed by atoms with E-state index in [1.165, 1.54) is 43.6 Å². The molecule has 170 valence electrons. The molecule has 12 heteroatoms. The Balaban J connectivity index is 1.36. The van der Waals surface area contributed by atoms with Crippen molar-refractivity contribution in [2.24, 2.45) is 0 Å². The van der Waals surface area contributed by atoms with Crippen molar-refractivity contribution in [1.29, 1.82) is 0 Å². The zero-order valence-electron chi connectivity index (χ0n) is 17.5. The van der Waals surface area contributed by atoms with E-state index in [0.29, 0.717) is 22.5 Å². The van der Waals surface area contributed by atoms with Crippen LogP contribution in [0.5, 0.6) is 0 Å². The standard InChI is InChI=1S/C21H19N5O6S/c1-12-9-19(25-32-12)26-33(29,30)16-6-4-15(5-7-16)24-20(27)13(2)31-21(28)14-3-8-17-18(10-14)23-11-22-17/h3-11,13H,1-2H3,(H,22,23)(H,24,27)(H,25,26). The van der Waals surface area contributed by atoms with Gasteiger partial charge in [-0.2, -0.15) is 0 Å². The number of imidazole rings is 1. The molecule has 0 aliphatic rings. The fraction of sp³-hybridized carbons (Fsp3) is 0.143. The fourth-order valence-electron chi connectivity index (χ4n) is 2.92. The van der Waals surface area contributed by atoms with Crippen LogP contribution >= 0.6 is 0 Å². The molecule has 4 rings (SSSR count). The van der Waals surface area contributed by atoms with E-state index in [1.807, 2.05) is 0 Å². The molecular weight excluding hydrogens is 450 g/mol. The van der Waals surface area contributed by atoms with E-state index >= 15 is 0 Å². The third kappa shape index (κ3) is 5.01. The monoisotopic (exact) mass is 469 g/mol. The SMILES string of the molecule is Cc1cc(NS(=O)(=O)c2ccc(NC(=O)C(C)OC(=O)c3ccc4nc[nH]c4c3)cc2)no1. The highest BCUT2D eigenvalue weighted by Gasteiger charge is 2.20. The predicted molar refractivity (Wildman–Crippen MR) is 118 cm³/mol. The summed E-state index contributed by atoms with van der Waals surface area (Å²) in [5, 5.41) is 6.17. The predicted octanol–water partition coefficient (Wildman–Crippen LogP) is 2.84. The average Bonchev–Trinajstić information content (AvgIpc) is 3.41. The van der Waals surface area contributed by atoms with E-state index in [-0.39, 0.29) is 16.3 Å². The number of aryl methyl sites for hydroxylation is 1. The van der Waals surface area contributed by atoms with Crippen molar-refractivity contribution in [3.8, 4) is 0 Å². The first-order valence-corrected chi connectivity index (χ1v) is 11.2. The van der Waals surface area contributed by atoms with Crippen LogP contribution in [0.25, 0.3) is 11.0 Å². The van der Waals surface area contributed by atoms with E-state index in [2.05, 4.69) is 25.2 Å². The van der Waals surface area contributed by atoms with Gasteiger partial charge >= 0.3 is 5.97 Å². The van der Waals surface area contributed by atoms with Gasteiger partial charge in [0.05, 0.1) is 27.8 Å². The van der Waals surface area contributed by atoms with Crippen LogP contribution in [0, 0.1) is 6.92 Å². The van der Waals surface area contributed by atoms with Crippen LogP contribution in [0.3, 0.4) is 0 Å².